The first-order valence-electron chi connectivity index (χ1n) is 14.8. The zero-order valence-corrected chi connectivity index (χ0v) is 25.7. The molecule has 2 unspecified atom stereocenters. The van der Waals surface area contributed by atoms with E-state index in [1.807, 2.05) is 0 Å². The van der Waals surface area contributed by atoms with Gasteiger partial charge in [-0.25, -0.2) is 0 Å². The van der Waals surface area contributed by atoms with Crippen molar-refractivity contribution in [3.05, 3.63) is 28.7 Å². The van der Waals surface area contributed by atoms with Crippen molar-refractivity contribution in [2.24, 2.45) is 28.7 Å². The highest BCUT2D eigenvalue weighted by Gasteiger charge is 2.48. The van der Waals surface area contributed by atoms with Crippen molar-refractivity contribution in [3.63, 3.8) is 0 Å². The van der Waals surface area contributed by atoms with Gasteiger partial charge >= 0.3 is 0 Å². The zero-order valence-electron chi connectivity index (χ0n) is 24.1. The lowest BCUT2D eigenvalue weighted by Gasteiger charge is -2.54. The third kappa shape index (κ3) is 7.14. The molecule has 6 rings (SSSR count). The molecule has 1 aromatic heterocycles. The Hall–Kier alpha value is -3.19. The van der Waals surface area contributed by atoms with Gasteiger partial charge < -0.3 is 25.8 Å². The second kappa shape index (κ2) is 13.2. The fraction of sp³-hybridized carbons (Fsp3) is 0.621. The molecule has 3 atom stereocenters. The number of aromatic nitrogens is 1. The van der Waals surface area contributed by atoms with Crippen LogP contribution in [0, 0.1) is 23.7 Å². The Morgan fingerprint density at radius 1 is 1.09 bits per heavy atom. The number of ketones is 1. The van der Waals surface area contributed by atoms with E-state index in [9.17, 15) is 28.8 Å². The molecule has 5 aliphatic rings. The first-order chi connectivity index (χ1) is 20.5. The summed E-state index contributed by atoms with van der Waals surface area (Å²) in [4.78, 5) is 80.5. The van der Waals surface area contributed by atoms with Gasteiger partial charge in [0.25, 0.3) is 11.5 Å². The van der Waals surface area contributed by atoms with Crippen molar-refractivity contribution >= 4 is 63.0 Å². The van der Waals surface area contributed by atoms with Gasteiger partial charge in [-0.1, -0.05) is 30.3 Å². The molecule has 43 heavy (non-hydrogen) atoms. The normalized spacial score (nSPS) is 29.4. The number of thioether (sulfide) groups is 1. The summed E-state index contributed by atoms with van der Waals surface area (Å²) in [5.41, 5.74) is -0.669. The van der Waals surface area contributed by atoms with Crippen LogP contribution < -0.4 is 26.8 Å². The van der Waals surface area contributed by atoms with Crippen molar-refractivity contribution in [2.45, 2.75) is 81.8 Å². The molecule has 0 saturated heterocycles. The molecule has 4 aliphatic carbocycles. The van der Waals surface area contributed by atoms with Crippen molar-refractivity contribution in [1.29, 1.82) is 0 Å². The Bertz CT molecular complexity index is 1370. The minimum Gasteiger partial charge on any atom is -0.353 e. The number of nitrogens with zero attached hydrogens (tertiary/aromatic N) is 2. The van der Waals surface area contributed by atoms with Crippen LogP contribution in [0.2, 0.25) is 0 Å². The number of carbonyl (C=O) groups is 5. The predicted octanol–water partition coefficient (Wildman–Crippen LogP) is 1.41. The van der Waals surface area contributed by atoms with Crippen molar-refractivity contribution in [3.8, 4) is 0 Å². The van der Waals surface area contributed by atoms with E-state index >= 15 is 0 Å². The largest absolute Gasteiger partial charge is 0.353 e. The van der Waals surface area contributed by atoms with Crippen LogP contribution in [-0.4, -0.2) is 68.9 Å². The van der Waals surface area contributed by atoms with Gasteiger partial charge in [-0.15, -0.1) is 0 Å². The van der Waals surface area contributed by atoms with Crippen LogP contribution in [0.4, 0.5) is 5.69 Å². The number of Topliss-reactive ketones (excluding diaryl/α,β-unsaturated/α-hetero) is 1. The van der Waals surface area contributed by atoms with Crippen LogP contribution in [0.15, 0.2) is 28.1 Å². The molecule has 0 spiro atoms. The molecule has 4 saturated carbocycles. The van der Waals surface area contributed by atoms with Gasteiger partial charge in [0.05, 0.1) is 0 Å². The van der Waals surface area contributed by atoms with E-state index in [0.717, 1.165) is 37.5 Å². The molecule has 1 aromatic rings. The van der Waals surface area contributed by atoms with Crippen LogP contribution in [0.5, 0.6) is 0 Å². The monoisotopic (exact) mass is 632 g/mol. The molecule has 4 fully saturated rings. The van der Waals surface area contributed by atoms with Gasteiger partial charge in [0, 0.05) is 31.0 Å². The maximum absolute atomic E-state index is 13.3. The van der Waals surface area contributed by atoms with E-state index in [-0.39, 0.29) is 46.8 Å². The number of hydrogen-bond donors (Lipinski definition) is 4. The zero-order chi connectivity index (χ0) is 30.8. The van der Waals surface area contributed by atoms with Crippen LogP contribution in [0.25, 0.3) is 0 Å². The molecular formula is C29H37ClN6O6S. The van der Waals surface area contributed by atoms with Gasteiger partial charge in [0.2, 0.25) is 23.5 Å². The summed E-state index contributed by atoms with van der Waals surface area (Å²) in [7, 11) is 1.32. The van der Waals surface area contributed by atoms with E-state index in [2.05, 4.69) is 26.3 Å². The number of anilines is 1. The molecule has 14 heteroatoms. The molecule has 4 bridgehead atoms. The molecule has 2 heterocycles. The number of rotatable bonds is 11. The van der Waals surface area contributed by atoms with E-state index in [4.69, 9.17) is 11.6 Å². The molecule has 0 aromatic carbocycles. The molecule has 12 nitrogen and oxygen atoms in total. The number of nitrogens with one attached hydrogen (secondary N) is 4. The fourth-order valence-electron chi connectivity index (χ4n) is 7.31. The van der Waals surface area contributed by atoms with Gasteiger partial charge in [-0.05, 0) is 74.3 Å². The minimum absolute atomic E-state index is 0.0855. The van der Waals surface area contributed by atoms with Crippen LogP contribution in [0.3, 0.4) is 0 Å². The highest BCUT2D eigenvalue weighted by Crippen LogP contribution is 2.53. The molecule has 1 aliphatic heterocycles. The number of likely N-dealkylation sites (N-methyl/N-ethyl adjacent to an activating group) is 1. The number of carbonyl (C=O) groups excluding carboxylic acids is 5. The quantitative estimate of drug-likeness (QED) is 0.268. The molecule has 232 valence electrons. The summed E-state index contributed by atoms with van der Waals surface area (Å²) in [6.07, 6.45) is 6.92. The number of pyridine rings is 1. The minimum atomic E-state index is -1.25. The summed E-state index contributed by atoms with van der Waals surface area (Å²) >= 11 is 7.18. The summed E-state index contributed by atoms with van der Waals surface area (Å²) in [6.45, 7) is 1.58. The molecule has 0 radical (unpaired) electrons. The van der Waals surface area contributed by atoms with Gasteiger partial charge in [0.15, 0.2) is 4.50 Å². The predicted molar refractivity (Wildman–Crippen MR) is 163 cm³/mol. The first-order valence-corrected chi connectivity index (χ1v) is 16.0. The van der Waals surface area contributed by atoms with E-state index in [1.54, 1.807) is 13.0 Å². The Morgan fingerprint density at radius 3 is 2.37 bits per heavy atom. The number of amides is 4. The topological polar surface area (TPSA) is 168 Å². The lowest BCUT2D eigenvalue weighted by atomic mass is 9.54. The van der Waals surface area contributed by atoms with Crippen LogP contribution >= 0.6 is 23.4 Å². The lowest BCUT2D eigenvalue weighted by Crippen LogP contribution is -2.56. The Morgan fingerprint density at radius 2 is 1.77 bits per heavy atom. The third-order valence-corrected chi connectivity index (χ3v) is 10.5. The van der Waals surface area contributed by atoms with Crippen molar-refractivity contribution in [2.75, 3.05) is 12.4 Å². The summed E-state index contributed by atoms with van der Waals surface area (Å²) < 4.78 is 1.46. The maximum Gasteiger partial charge on any atom is 0.287 e. The SMILES string of the molecule is CNC(=O)C(=O)CC[C@H](NC(=O)C1N=C(Cl)SC1C)C(=O)Nc1cccn(CC(=O)NC2C3CC4CC(C3)CC2C4)c1=O. The van der Waals surface area contributed by atoms with E-state index in [1.165, 1.54) is 42.1 Å². The Labute approximate surface area is 258 Å². The van der Waals surface area contributed by atoms with E-state index < -0.39 is 41.1 Å². The van der Waals surface area contributed by atoms with Crippen LogP contribution in [0.1, 0.15) is 51.9 Å². The van der Waals surface area contributed by atoms with E-state index in [0.29, 0.717) is 11.8 Å². The summed E-state index contributed by atoms with van der Waals surface area (Å²) in [5, 5.41) is 10.3. The second-order valence-corrected chi connectivity index (χ2v) is 14.1. The first kappa shape index (κ1) is 31.2. The standard InChI is InChI=1S/C29H37ClN6O6S/c1-14-23(35-29(30)43-14)27(41)32-19(5-6-21(37)26(40)31-2)25(39)33-20-4-3-7-36(28(20)42)13-22(38)34-24-17-9-15-8-16(11-17)12-18(24)10-15/h3-4,7,14-19,23-24H,5-6,8-13H2,1-2H3,(H,31,40)(H,32,41)(H,33,39)(H,34,38)/t14?,15?,16?,17?,18?,19-,23?,24?/m0/s1. The van der Waals surface area contributed by atoms with Gasteiger partial charge in [-0.3, -0.25) is 33.8 Å². The molecule has 4 amide bonds. The van der Waals surface area contributed by atoms with Gasteiger partial charge in [0.1, 0.15) is 24.3 Å². The van der Waals surface area contributed by atoms with Crippen LogP contribution in [-0.2, 0) is 30.5 Å². The highest BCUT2D eigenvalue weighted by molar-refractivity contribution is 8.17. The highest BCUT2D eigenvalue weighted by atomic mass is 35.5. The number of aliphatic imine (C=N–C) groups is 1. The maximum atomic E-state index is 13.3. The summed E-state index contributed by atoms with van der Waals surface area (Å²) in [5.74, 6) is -0.596. The molecular weight excluding hydrogens is 596 g/mol. The second-order valence-electron chi connectivity index (χ2n) is 12.1. The fourth-order valence-corrected chi connectivity index (χ4v) is 8.63. The number of halogens is 1. The lowest BCUT2D eigenvalue weighted by molar-refractivity contribution is -0.138. The van der Waals surface area contributed by atoms with Gasteiger partial charge in [-0.2, -0.15) is 0 Å². The van der Waals surface area contributed by atoms with Crippen molar-refractivity contribution in [1.82, 2.24) is 20.5 Å². The Balaban J connectivity index is 1.24. The average Bonchev–Trinajstić information content (AvgIpc) is 3.31. The Kier molecular flexibility index (Phi) is 9.60. The number of hydrogen-bond acceptors (Lipinski definition) is 8. The molecule has 4 N–H and O–H groups in total. The smallest absolute Gasteiger partial charge is 0.287 e. The average molecular weight is 633 g/mol. The third-order valence-electron chi connectivity index (χ3n) is 9.16. The summed E-state index contributed by atoms with van der Waals surface area (Å²) in [6, 6.07) is 0.997. The van der Waals surface area contributed by atoms with Crippen molar-refractivity contribution < 1.29 is 24.0 Å².